The largest absolute Gasteiger partial charge is 0.493 e. The predicted molar refractivity (Wildman–Crippen MR) is 133 cm³/mol. The standard InChI is InChI=1S/C27H36N4O3/c1-30(2)17-23-25(33-18-20-3-4-20)9-7-22-24(29-34-27(22)23)8-5-19-11-13-31(14-12-19)16-21-6-10-26(32)28-15-21/h6-7,9-10,15,19-20H,3-5,8,11-14,16-18H2,1-2H3,(H,28,32). The Bertz CT molecular complexity index is 1140. The molecule has 3 heterocycles. The highest BCUT2D eigenvalue weighted by atomic mass is 16.5. The fourth-order valence-corrected chi connectivity index (χ4v) is 4.94. The van der Waals surface area contributed by atoms with E-state index < -0.39 is 0 Å². The molecule has 5 rings (SSSR count). The first-order chi connectivity index (χ1) is 16.5. The molecule has 34 heavy (non-hydrogen) atoms. The highest BCUT2D eigenvalue weighted by molar-refractivity contribution is 5.84. The first-order valence-electron chi connectivity index (χ1n) is 12.6. The molecule has 1 saturated heterocycles. The Labute approximate surface area is 201 Å². The van der Waals surface area contributed by atoms with Crippen LogP contribution in [0.1, 0.15) is 48.9 Å². The van der Waals surface area contributed by atoms with E-state index >= 15 is 0 Å². The number of pyridine rings is 1. The third kappa shape index (κ3) is 5.70. The van der Waals surface area contributed by atoms with Gasteiger partial charge in [0.1, 0.15) is 5.75 Å². The first-order valence-corrected chi connectivity index (χ1v) is 12.6. The molecule has 3 aromatic rings. The SMILES string of the molecule is CN(C)Cc1c(OCC2CC2)ccc2c(CCC3CCN(Cc4ccc(=O)[nH]c4)CC3)noc12. The number of aryl methyl sites for hydroxylation is 1. The van der Waals surface area contributed by atoms with Crippen LogP contribution in [0.5, 0.6) is 5.75 Å². The van der Waals surface area contributed by atoms with Crippen molar-refractivity contribution in [3.8, 4) is 5.75 Å². The Balaban J connectivity index is 1.19. The van der Waals surface area contributed by atoms with E-state index in [1.54, 1.807) is 6.07 Å². The smallest absolute Gasteiger partial charge is 0.247 e. The van der Waals surface area contributed by atoms with Gasteiger partial charge in [0.15, 0.2) is 5.58 Å². The Morgan fingerprint density at radius 2 is 1.94 bits per heavy atom. The van der Waals surface area contributed by atoms with E-state index in [1.165, 1.54) is 31.2 Å². The van der Waals surface area contributed by atoms with Gasteiger partial charge in [-0.1, -0.05) is 11.2 Å². The molecule has 7 nitrogen and oxygen atoms in total. The molecule has 1 saturated carbocycles. The zero-order chi connectivity index (χ0) is 23.5. The summed E-state index contributed by atoms with van der Waals surface area (Å²) in [5, 5.41) is 5.62. The number of likely N-dealkylation sites (tertiary alicyclic amines) is 1. The number of rotatable bonds is 10. The van der Waals surface area contributed by atoms with Crippen molar-refractivity contribution in [1.82, 2.24) is 19.9 Å². The average Bonchev–Trinajstić information content (AvgIpc) is 3.57. The Morgan fingerprint density at radius 1 is 1.12 bits per heavy atom. The van der Waals surface area contributed by atoms with Crippen molar-refractivity contribution in [2.75, 3.05) is 33.8 Å². The number of ether oxygens (including phenoxy) is 1. The second-order valence-electron chi connectivity index (χ2n) is 10.4. The lowest BCUT2D eigenvalue weighted by molar-refractivity contribution is 0.172. The van der Waals surface area contributed by atoms with Gasteiger partial charge in [0.25, 0.3) is 0 Å². The number of nitrogens with one attached hydrogen (secondary N) is 1. The van der Waals surface area contributed by atoms with Crippen molar-refractivity contribution in [3.63, 3.8) is 0 Å². The summed E-state index contributed by atoms with van der Waals surface area (Å²) in [6.45, 7) is 4.67. The number of benzene rings is 1. The Kier molecular flexibility index (Phi) is 7.02. The molecule has 2 fully saturated rings. The van der Waals surface area contributed by atoms with Crippen molar-refractivity contribution in [1.29, 1.82) is 0 Å². The van der Waals surface area contributed by atoms with Crippen LogP contribution in [0.4, 0.5) is 0 Å². The highest BCUT2D eigenvalue weighted by Gasteiger charge is 2.24. The summed E-state index contributed by atoms with van der Waals surface area (Å²) in [4.78, 5) is 18.7. The fourth-order valence-electron chi connectivity index (χ4n) is 4.94. The van der Waals surface area contributed by atoms with Gasteiger partial charge < -0.3 is 19.1 Å². The number of aromatic amines is 1. The Morgan fingerprint density at radius 3 is 2.65 bits per heavy atom. The minimum Gasteiger partial charge on any atom is -0.493 e. The summed E-state index contributed by atoms with van der Waals surface area (Å²) in [5.41, 5.74) is 4.18. The summed E-state index contributed by atoms with van der Waals surface area (Å²) in [6.07, 6.45) is 8.87. The minimum atomic E-state index is -0.0429. The molecular formula is C27H36N4O3. The van der Waals surface area contributed by atoms with Crippen LogP contribution >= 0.6 is 0 Å². The van der Waals surface area contributed by atoms with E-state index in [9.17, 15) is 4.79 Å². The monoisotopic (exact) mass is 464 g/mol. The van der Waals surface area contributed by atoms with Gasteiger partial charge in [-0.3, -0.25) is 9.69 Å². The van der Waals surface area contributed by atoms with E-state index in [-0.39, 0.29) is 5.56 Å². The maximum Gasteiger partial charge on any atom is 0.247 e. The van der Waals surface area contributed by atoms with Crippen LogP contribution in [0, 0.1) is 11.8 Å². The van der Waals surface area contributed by atoms with Gasteiger partial charge in [-0.05, 0) is 95.2 Å². The normalized spacial score (nSPS) is 17.6. The number of piperidine rings is 1. The van der Waals surface area contributed by atoms with Crippen LogP contribution in [-0.2, 0) is 19.5 Å². The molecule has 0 spiro atoms. The molecule has 1 N–H and O–H groups in total. The predicted octanol–water partition coefficient (Wildman–Crippen LogP) is 4.21. The van der Waals surface area contributed by atoms with Crippen molar-refractivity contribution in [2.45, 2.75) is 51.6 Å². The number of nitrogens with zero attached hydrogens (tertiary/aromatic N) is 3. The van der Waals surface area contributed by atoms with Gasteiger partial charge in [0.2, 0.25) is 5.56 Å². The second kappa shape index (κ2) is 10.3. The lowest BCUT2D eigenvalue weighted by Crippen LogP contribution is -2.33. The van der Waals surface area contributed by atoms with E-state index in [0.717, 1.165) is 79.5 Å². The lowest BCUT2D eigenvalue weighted by Gasteiger charge is -2.31. The summed E-state index contributed by atoms with van der Waals surface area (Å²) >= 11 is 0. The number of hydrogen-bond acceptors (Lipinski definition) is 6. The summed E-state index contributed by atoms with van der Waals surface area (Å²) < 4.78 is 12.0. The minimum absolute atomic E-state index is 0.0429. The van der Waals surface area contributed by atoms with Crippen LogP contribution in [0.3, 0.4) is 0 Å². The van der Waals surface area contributed by atoms with Gasteiger partial charge in [-0.25, -0.2) is 0 Å². The van der Waals surface area contributed by atoms with Crippen LogP contribution in [-0.4, -0.2) is 53.7 Å². The van der Waals surface area contributed by atoms with E-state index in [2.05, 4.69) is 46.2 Å². The van der Waals surface area contributed by atoms with E-state index in [1.807, 2.05) is 12.3 Å². The number of hydrogen-bond donors (Lipinski definition) is 1. The summed E-state index contributed by atoms with van der Waals surface area (Å²) in [7, 11) is 4.15. The fraction of sp³-hybridized carbons (Fsp3) is 0.556. The number of aromatic nitrogens is 2. The molecule has 7 heteroatoms. The maximum absolute atomic E-state index is 11.3. The molecule has 0 atom stereocenters. The van der Waals surface area contributed by atoms with Crippen molar-refractivity contribution in [2.24, 2.45) is 11.8 Å². The molecule has 1 aromatic carbocycles. The van der Waals surface area contributed by atoms with E-state index in [4.69, 9.17) is 9.26 Å². The number of fused-ring (bicyclic) bond motifs is 1. The zero-order valence-corrected chi connectivity index (χ0v) is 20.4. The summed E-state index contributed by atoms with van der Waals surface area (Å²) in [5.74, 6) is 2.36. The van der Waals surface area contributed by atoms with Gasteiger partial charge in [-0.15, -0.1) is 0 Å². The molecule has 0 amide bonds. The van der Waals surface area contributed by atoms with Crippen LogP contribution in [0.25, 0.3) is 11.0 Å². The van der Waals surface area contributed by atoms with Crippen LogP contribution < -0.4 is 10.3 Å². The van der Waals surface area contributed by atoms with Gasteiger partial charge in [0.05, 0.1) is 17.9 Å². The highest BCUT2D eigenvalue weighted by Crippen LogP contribution is 2.35. The third-order valence-corrected chi connectivity index (χ3v) is 7.17. The maximum atomic E-state index is 11.3. The van der Waals surface area contributed by atoms with Crippen molar-refractivity contribution < 1.29 is 9.26 Å². The third-order valence-electron chi connectivity index (χ3n) is 7.17. The quantitative estimate of drug-likeness (QED) is 0.484. The zero-order valence-electron chi connectivity index (χ0n) is 20.4. The van der Waals surface area contributed by atoms with Gasteiger partial charge >= 0.3 is 0 Å². The molecule has 0 unspecified atom stereocenters. The Hall–Kier alpha value is -2.64. The second-order valence-corrected chi connectivity index (χ2v) is 10.4. The topological polar surface area (TPSA) is 74.6 Å². The molecule has 0 radical (unpaired) electrons. The van der Waals surface area contributed by atoms with Crippen molar-refractivity contribution >= 4 is 11.0 Å². The van der Waals surface area contributed by atoms with Crippen molar-refractivity contribution in [3.05, 3.63) is 57.6 Å². The van der Waals surface area contributed by atoms with E-state index in [0.29, 0.717) is 5.92 Å². The average molecular weight is 465 g/mol. The van der Waals surface area contributed by atoms with Crippen LogP contribution in [0.2, 0.25) is 0 Å². The van der Waals surface area contributed by atoms with Crippen LogP contribution in [0.15, 0.2) is 39.8 Å². The molecule has 2 aliphatic rings. The molecule has 2 aromatic heterocycles. The van der Waals surface area contributed by atoms with Gasteiger partial charge in [0, 0.05) is 30.7 Å². The van der Waals surface area contributed by atoms with Gasteiger partial charge in [-0.2, -0.15) is 0 Å². The summed E-state index contributed by atoms with van der Waals surface area (Å²) in [6, 6.07) is 7.78. The molecular weight excluding hydrogens is 428 g/mol. The molecule has 1 aliphatic carbocycles. The molecule has 182 valence electrons. The molecule has 0 bridgehead atoms. The molecule has 1 aliphatic heterocycles. The first kappa shape index (κ1) is 23.1. The lowest BCUT2D eigenvalue weighted by atomic mass is 9.91. The number of H-pyrrole nitrogens is 1.